The molecule has 0 radical (unpaired) electrons. The third kappa shape index (κ3) is 4.04. The van der Waals surface area contributed by atoms with Crippen molar-refractivity contribution in [3.8, 4) is 0 Å². The lowest BCUT2D eigenvalue weighted by atomic mass is 9.95. The van der Waals surface area contributed by atoms with Crippen LogP contribution >= 0.6 is 0 Å². The molecule has 0 aromatic heterocycles. The molecule has 1 fully saturated rings. The summed E-state index contributed by atoms with van der Waals surface area (Å²) in [7, 11) is 0. The number of carbonyl (C=O) groups excluding carboxylic acids is 1. The van der Waals surface area contributed by atoms with Crippen molar-refractivity contribution in [3.63, 3.8) is 0 Å². The van der Waals surface area contributed by atoms with Crippen molar-refractivity contribution in [2.75, 3.05) is 13.1 Å². The molecule has 2 atom stereocenters. The first-order valence-electron chi connectivity index (χ1n) is 7.27. The number of amides is 1. The Morgan fingerprint density at radius 2 is 1.86 bits per heavy atom. The Morgan fingerprint density at radius 3 is 2.43 bits per heavy atom. The van der Waals surface area contributed by atoms with E-state index < -0.39 is 17.8 Å². The van der Waals surface area contributed by atoms with Crippen molar-refractivity contribution in [1.29, 1.82) is 0 Å². The van der Waals surface area contributed by atoms with Gasteiger partial charge in [0.05, 0.1) is 11.8 Å². The van der Waals surface area contributed by atoms with Crippen molar-refractivity contribution in [2.45, 2.75) is 26.4 Å². The molecule has 21 heavy (non-hydrogen) atoms. The number of likely N-dealkylation sites (tertiary alicyclic amines) is 1. The zero-order chi connectivity index (χ0) is 15.4. The van der Waals surface area contributed by atoms with Gasteiger partial charge in [0.2, 0.25) is 5.91 Å². The fourth-order valence-corrected chi connectivity index (χ4v) is 2.76. The van der Waals surface area contributed by atoms with Crippen molar-refractivity contribution in [1.82, 2.24) is 10.2 Å². The fourth-order valence-electron chi connectivity index (χ4n) is 2.76. The van der Waals surface area contributed by atoms with Gasteiger partial charge in [-0.15, -0.1) is 0 Å². The van der Waals surface area contributed by atoms with Gasteiger partial charge in [-0.2, -0.15) is 0 Å². The van der Waals surface area contributed by atoms with Gasteiger partial charge in [0, 0.05) is 25.7 Å². The van der Waals surface area contributed by atoms with Gasteiger partial charge in [0.15, 0.2) is 0 Å². The average molecular weight is 290 g/mol. The molecule has 114 valence electrons. The molecule has 0 spiro atoms. The molecule has 1 saturated heterocycles. The summed E-state index contributed by atoms with van der Waals surface area (Å²) in [6.45, 7) is 5.34. The number of benzene rings is 1. The van der Waals surface area contributed by atoms with E-state index in [-0.39, 0.29) is 11.9 Å². The van der Waals surface area contributed by atoms with E-state index in [0.29, 0.717) is 19.6 Å². The summed E-state index contributed by atoms with van der Waals surface area (Å²) in [6.07, 6.45) is 0. The number of rotatable bonds is 5. The van der Waals surface area contributed by atoms with Crippen LogP contribution in [0.3, 0.4) is 0 Å². The molecule has 0 unspecified atom stereocenters. The van der Waals surface area contributed by atoms with Crippen molar-refractivity contribution in [2.24, 2.45) is 11.8 Å². The lowest BCUT2D eigenvalue weighted by molar-refractivity contribution is -0.145. The van der Waals surface area contributed by atoms with E-state index >= 15 is 0 Å². The Bertz CT molecular complexity index is 502. The first-order valence-corrected chi connectivity index (χ1v) is 7.27. The molecule has 0 aliphatic carbocycles. The summed E-state index contributed by atoms with van der Waals surface area (Å²) in [5.74, 6) is -2.16. The van der Waals surface area contributed by atoms with Gasteiger partial charge in [-0.1, -0.05) is 30.3 Å². The smallest absolute Gasteiger partial charge is 0.308 e. The second-order valence-corrected chi connectivity index (χ2v) is 5.89. The van der Waals surface area contributed by atoms with Crippen LogP contribution in [0.2, 0.25) is 0 Å². The maximum atomic E-state index is 12.2. The van der Waals surface area contributed by atoms with Crippen LogP contribution in [0, 0.1) is 11.8 Å². The number of nitrogens with zero attached hydrogens (tertiary/aromatic N) is 1. The Kier molecular flexibility index (Phi) is 4.96. The maximum Gasteiger partial charge on any atom is 0.308 e. The summed E-state index contributed by atoms with van der Waals surface area (Å²) in [6, 6.07) is 9.92. The molecule has 1 heterocycles. The molecule has 0 bridgehead atoms. The number of aliphatic carboxylic acids is 1. The summed E-state index contributed by atoms with van der Waals surface area (Å²) in [4.78, 5) is 25.6. The molecule has 1 aromatic rings. The molecule has 2 N–H and O–H groups in total. The minimum Gasteiger partial charge on any atom is -0.481 e. The maximum absolute atomic E-state index is 12.2. The average Bonchev–Trinajstić information content (AvgIpc) is 2.83. The van der Waals surface area contributed by atoms with Crippen LogP contribution in [-0.4, -0.2) is 41.0 Å². The molecule has 1 aliphatic heterocycles. The third-order valence-electron chi connectivity index (χ3n) is 3.73. The molecule has 1 aliphatic rings. The van der Waals surface area contributed by atoms with E-state index in [2.05, 4.69) is 5.32 Å². The van der Waals surface area contributed by atoms with Crippen molar-refractivity contribution >= 4 is 11.9 Å². The van der Waals surface area contributed by atoms with E-state index in [1.807, 2.05) is 49.1 Å². The predicted octanol–water partition coefficient (Wildman–Crippen LogP) is 1.34. The van der Waals surface area contributed by atoms with Gasteiger partial charge in [0.25, 0.3) is 0 Å². The third-order valence-corrected chi connectivity index (χ3v) is 3.73. The van der Waals surface area contributed by atoms with E-state index in [1.54, 1.807) is 0 Å². The summed E-state index contributed by atoms with van der Waals surface area (Å²) >= 11 is 0. The van der Waals surface area contributed by atoms with Gasteiger partial charge in [-0.3, -0.25) is 14.5 Å². The number of carboxylic acid groups (broad SMARTS) is 1. The molecule has 5 heteroatoms. The second kappa shape index (κ2) is 6.72. The Hall–Kier alpha value is -1.88. The highest BCUT2D eigenvalue weighted by Crippen LogP contribution is 2.25. The number of hydrogen-bond acceptors (Lipinski definition) is 3. The molecule has 1 aromatic carbocycles. The molecule has 1 amide bonds. The van der Waals surface area contributed by atoms with Crippen LogP contribution in [-0.2, 0) is 16.1 Å². The first-order chi connectivity index (χ1) is 9.97. The Labute approximate surface area is 125 Å². The van der Waals surface area contributed by atoms with Gasteiger partial charge >= 0.3 is 5.97 Å². The van der Waals surface area contributed by atoms with Gasteiger partial charge in [0.1, 0.15) is 0 Å². The van der Waals surface area contributed by atoms with Crippen LogP contribution in [0.25, 0.3) is 0 Å². The predicted molar refractivity (Wildman–Crippen MR) is 79.6 cm³/mol. The normalized spacial score (nSPS) is 22.4. The topological polar surface area (TPSA) is 69.6 Å². The van der Waals surface area contributed by atoms with Crippen LogP contribution in [0.1, 0.15) is 19.4 Å². The number of carboxylic acids is 1. The van der Waals surface area contributed by atoms with Crippen LogP contribution in [0.5, 0.6) is 0 Å². The van der Waals surface area contributed by atoms with Crippen LogP contribution in [0.4, 0.5) is 0 Å². The molecular formula is C16H22N2O3. The summed E-state index contributed by atoms with van der Waals surface area (Å²) < 4.78 is 0. The zero-order valence-electron chi connectivity index (χ0n) is 12.5. The van der Waals surface area contributed by atoms with E-state index in [1.165, 1.54) is 0 Å². The first kappa shape index (κ1) is 15.5. The van der Waals surface area contributed by atoms with Crippen molar-refractivity contribution < 1.29 is 14.7 Å². The molecule has 5 nitrogen and oxygen atoms in total. The van der Waals surface area contributed by atoms with Crippen LogP contribution in [0.15, 0.2) is 30.3 Å². The van der Waals surface area contributed by atoms with Gasteiger partial charge in [-0.25, -0.2) is 0 Å². The van der Waals surface area contributed by atoms with Crippen LogP contribution < -0.4 is 5.32 Å². The molecule has 0 saturated carbocycles. The largest absolute Gasteiger partial charge is 0.481 e. The fraction of sp³-hybridized carbons (Fsp3) is 0.500. The Balaban J connectivity index is 2.04. The van der Waals surface area contributed by atoms with E-state index in [0.717, 1.165) is 5.56 Å². The minimum absolute atomic E-state index is 0.0233. The lowest BCUT2D eigenvalue weighted by Crippen LogP contribution is -2.40. The highest BCUT2D eigenvalue weighted by Gasteiger charge is 2.41. The lowest BCUT2D eigenvalue weighted by Gasteiger charge is -2.17. The zero-order valence-corrected chi connectivity index (χ0v) is 12.5. The van der Waals surface area contributed by atoms with Gasteiger partial charge < -0.3 is 10.4 Å². The molecular weight excluding hydrogens is 268 g/mol. The van der Waals surface area contributed by atoms with E-state index in [4.69, 9.17) is 0 Å². The Morgan fingerprint density at radius 1 is 1.24 bits per heavy atom. The molecule has 2 rings (SSSR count). The highest BCUT2D eigenvalue weighted by molar-refractivity contribution is 5.85. The quantitative estimate of drug-likeness (QED) is 0.858. The monoisotopic (exact) mass is 290 g/mol. The number of carbonyl (C=O) groups is 2. The highest BCUT2D eigenvalue weighted by atomic mass is 16.4. The summed E-state index contributed by atoms with van der Waals surface area (Å²) in [5, 5.41) is 12.2. The van der Waals surface area contributed by atoms with Gasteiger partial charge in [-0.05, 0) is 19.4 Å². The number of nitrogens with one attached hydrogen (secondary N) is 1. The standard InChI is InChI=1S/C16H22N2O3/c1-11(2)17-15(19)13-9-18(10-14(13)16(20)21)8-12-6-4-3-5-7-12/h3-7,11,13-14H,8-10H2,1-2H3,(H,17,19)(H,20,21)/t13-,14+/m0/s1. The second-order valence-electron chi connectivity index (χ2n) is 5.89. The number of hydrogen-bond donors (Lipinski definition) is 2. The van der Waals surface area contributed by atoms with E-state index in [9.17, 15) is 14.7 Å². The van der Waals surface area contributed by atoms with Crippen molar-refractivity contribution in [3.05, 3.63) is 35.9 Å². The minimum atomic E-state index is -0.894. The SMILES string of the molecule is CC(C)NC(=O)[C@H]1CN(Cc2ccccc2)C[C@H]1C(=O)O. The summed E-state index contributed by atoms with van der Waals surface area (Å²) in [5.41, 5.74) is 1.13.